The maximum atomic E-state index is 8.98. The highest BCUT2D eigenvalue weighted by atomic mass is 35.5. The van der Waals surface area contributed by atoms with Gasteiger partial charge in [0.15, 0.2) is 5.84 Å². The van der Waals surface area contributed by atoms with Crippen LogP contribution in [0.1, 0.15) is 18.9 Å². The minimum atomic E-state index is 0.0513. The number of anilines is 1. The van der Waals surface area contributed by atoms with Crippen LogP contribution in [-0.4, -0.2) is 48.7 Å². The Hall–Kier alpha value is -1.46. The van der Waals surface area contributed by atoms with Crippen molar-refractivity contribution in [2.24, 2.45) is 10.9 Å². The maximum Gasteiger partial charge on any atom is 0.173 e. The first-order chi connectivity index (χ1) is 9.54. The molecule has 20 heavy (non-hydrogen) atoms. The van der Waals surface area contributed by atoms with Crippen molar-refractivity contribution in [3.8, 4) is 0 Å². The molecule has 3 N–H and O–H groups in total. The molecular weight excluding hydrogens is 276 g/mol. The Labute approximate surface area is 124 Å². The summed E-state index contributed by atoms with van der Waals surface area (Å²) in [5, 5.41) is 12.6. The molecule has 1 aromatic carbocycles. The third kappa shape index (κ3) is 2.99. The molecule has 1 fully saturated rings. The van der Waals surface area contributed by atoms with E-state index >= 15 is 0 Å². The summed E-state index contributed by atoms with van der Waals surface area (Å²) in [4.78, 5) is 4.60. The number of rotatable bonds is 2. The standard InChI is InChI=1S/C14H21ClN4O/c1-10-9-18(2)7-4-8-19(10)12-6-3-5-11(15)13(12)14(16)17-20/h3,5-6,10,20H,4,7-9H2,1-2H3,(H2,16,17). The van der Waals surface area contributed by atoms with Crippen LogP contribution in [0.2, 0.25) is 5.02 Å². The topological polar surface area (TPSA) is 65.1 Å². The molecule has 0 aliphatic carbocycles. The Morgan fingerprint density at radius 1 is 1.45 bits per heavy atom. The van der Waals surface area contributed by atoms with Gasteiger partial charge in [0.25, 0.3) is 0 Å². The summed E-state index contributed by atoms with van der Waals surface area (Å²) in [5.74, 6) is 0.0513. The molecule has 1 saturated heterocycles. The fourth-order valence-corrected chi connectivity index (χ4v) is 3.05. The lowest BCUT2D eigenvalue weighted by Gasteiger charge is -2.32. The van der Waals surface area contributed by atoms with Crippen LogP contribution in [0.15, 0.2) is 23.4 Å². The van der Waals surface area contributed by atoms with Gasteiger partial charge in [0.05, 0.1) is 10.6 Å². The molecule has 5 nitrogen and oxygen atoms in total. The molecule has 1 aliphatic rings. The maximum absolute atomic E-state index is 8.98. The molecule has 1 aromatic rings. The molecule has 110 valence electrons. The number of halogens is 1. The van der Waals surface area contributed by atoms with E-state index in [9.17, 15) is 0 Å². The summed E-state index contributed by atoms with van der Waals surface area (Å²) < 4.78 is 0. The SMILES string of the molecule is CC1CN(C)CCCN1c1cccc(Cl)c1/C(N)=N/O. The molecule has 1 atom stereocenters. The highest BCUT2D eigenvalue weighted by Gasteiger charge is 2.24. The van der Waals surface area contributed by atoms with Crippen LogP contribution in [0.4, 0.5) is 5.69 Å². The second kappa shape index (κ2) is 6.33. The zero-order valence-electron chi connectivity index (χ0n) is 11.9. The number of nitrogens with two attached hydrogens (primary N) is 1. The van der Waals surface area contributed by atoms with Gasteiger partial charge in [0.2, 0.25) is 0 Å². The van der Waals surface area contributed by atoms with Gasteiger partial charge in [0.1, 0.15) is 0 Å². The smallest absolute Gasteiger partial charge is 0.173 e. The van der Waals surface area contributed by atoms with Gasteiger partial charge < -0.3 is 20.7 Å². The molecule has 0 saturated carbocycles. The van der Waals surface area contributed by atoms with Crippen LogP contribution in [0.5, 0.6) is 0 Å². The molecule has 0 spiro atoms. The summed E-state index contributed by atoms with van der Waals surface area (Å²) in [6, 6.07) is 5.97. The van der Waals surface area contributed by atoms with Crippen molar-refractivity contribution < 1.29 is 5.21 Å². The Bertz CT molecular complexity index is 506. The van der Waals surface area contributed by atoms with Crippen LogP contribution in [0, 0.1) is 0 Å². The van der Waals surface area contributed by atoms with Crippen molar-refractivity contribution in [3.05, 3.63) is 28.8 Å². The molecule has 1 aliphatic heterocycles. The predicted octanol–water partition coefficient (Wildman–Crippen LogP) is 1.96. The van der Waals surface area contributed by atoms with Crippen molar-refractivity contribution in [2.45, 2.75) is 19.4 Å². The van der Waals surface area contributed by atoms with Crippen molar-refractivity contribution in [1.29, 1.82) is 0 Å². The Morgan fingerprint density at radius 3 is 2.90 bits per heavy atom. The van der Waals surface area contributed by atoms with Crippen molar-refractivity contribution in [2.75, 3.05) is 31.6 Å². The van der Waals surface area contributed by atoms with Crippen LogP contribution in [0.25, 0.3) is 0 Å². The van der Waals surface area contributed by atoms with E-state index in [0.717, 1.165) is 31.7 Å². The van der Waals surface area contributed by atoms with Gasteiger partial charge in [-0.25, -0.2) is 0 Å². The summed E-state index contributed by atoms with van der Waals surface area (Å²) in [6.45, 7) is 5.15. The van der Waals surface area contributed by atoms with Crippen LogP contribution in [-0.2, 0) is 0 Å². The zero-order valence-corrected chi connectivity index (χ0v) is 12.6. The lowest BCUT2D eigenvalue weighted by atomic mass is 10.1. The van der Waals surface area contributed by atoms with Gasteiger partial charge >= 0.3 is 0 Å². The van der Waals surface area contributed by atoms with E-state index < -0.39 is 0 Å². The quantitative estimate of drug-likeness (QED) is 0.379. The minimum absolute atomic E-state index is 0.0513. The van der Waals surface area contributed by atoms with Crippen molar-refractivity contribution in [1.82, 2.24) is 4.90 Å². The van der Waals surface area contributed by atoms with Crippen LogP contribution >= 0.6 is 11.6 Å². The first kappa shape index (κ1) is 14.9. The molecule has 1 unspecified atom stereocenters. The number of likely N-dealkylation sites (N-methyl/N-ethyl adjacent to an activating group) is 1. The molecule has 6 heteroatoms. The highest BCUT2D eigenvalue weighted by molar-refractivity contribution is 6.34. The summed E-state index contributed by atoms with van der Waals surface area (Å²) in [7, 11) is 2.13. The first-order valence-corrected chi connectivity index (χ1v) is 7.14. The summed E-state index contributed by atoms with van der Waals surface area (Å²) in [5.41, 5.74) is 7.32. The zero-order chi connectivity index (χ0) is 14.7. The van der Waals surface area contributed by atoms with E-state index in [0.29, 0.717) is 16.6 Å². The van der Waals surface area contributed by atoms with Gasteiger partial charge in [-0.05, 0) is 39.1 Å². The monoisotopic (exact) mass is 296 g/mol. The van der Waals surface area contributed by atoms with E-state index in [-0.39, 0.29) is 5.84 Å². The Kier molecular flexibility index (Phi) is 4.73. The number of amidine groups is 1. The fourth-order valence-electron chi connectivity index (χ4n) is 2.79. The number of benzene rings is 1. The number of nitrogens with zero attached hydrogens (tertiary/aromatic N) is 3. The minimum Gasteiger partial charge on any atom is -0.409 e. The van der Waals surface area contributed by atoms with E-state index in [1.165, 1.54) is 0 Å². The summed E-state index contributed by atoms with van der Waals surface area (Å²) >= 11 is 6.23. The van der Waals surface area contributed by atoms with E-state index in [4.69, 9.17) is 22.5 Å². The third-order valence-corrected chi connectivity index (χ3v) is 4.03. The molecule has 0 bridgehead atoms. The normalized spacial score (nSPS) is 21.9. The van der Waals surface area contributed by atoms with Gasteiger partial charge in [-0.2, -0.15) is 0 Å². The number of hydrogen-bond donors (Lipinski definition) is 2. The largest absolute Gasteiger partial charge is 0.409 e. The predicted molar refractivity (Wildman–Crippen MR) is 82.9 cm³/mol. The van der Waals surface area contributed by atoms with Gasteiger partial charge in [-0.3, -0.25) is 0 Å². The lowest BCUT2D eigenvalue weighted by Crippen LogP contribution is -2.39. The lowest BCUT2D eigenvalue weighted by molar-refractivity contribution is 0.318. The second-order valence-corrected chi connectivity index (χ2v) is 5.68. The molecule has 2 rings (SSSR count). The van der Waals surface area contributed by atoms with E-state index in [2.05, 4.69) is 28.9 Å². The molecule has 0 radical (unpaired) electrons. The molecule has 0 amide bonds. The van der Waals surface area contributed by atoms with Crippen molar-refractivity contribution >= 4 is 23.1 Å². The van der Waals surface area contributed by atoms with Gasteiger partial charge in [-0.1, -0.05) is 22.8 Å². The van der Waals surface area contributed by atoms with Crippen molar-refractivity contribution in [3.63, 3.8) is 0 Å². The van der Waals surface area contributed by atoms with Gasteiger partial charge in [-0.15, -0.1) is 0 Å². The fraction of sp³-hybridized carbons (Fsp3) is 0.500. The van der Waals surface area contributed by atoms with Crippen LogP contribution in [0.3, 0.4) is 0 Å². The van der Waals surface area contributed by atoms with Gasteiger partial charge in [0, 0.05) is 24.8 Å². The first-order valence-electron chi connectivity index (χ1n) is 6.76. The summed E-state index contributed by atoms with van der Waals surface area (Å²) in [6.07, 6.45) is 1.07. The van der Waals surface area contributed by atoms with E-state index in [1.807, 2.05) is 12.1 Å². The Morgan fingerprint density at radius 2 is 2.20 bits per heavy atom. The third-order valence-electron chi connectivity index (χ3n) is 3.71. The number of hydrogen-bond acceptors (Lipinski definition) is 4. The van der Waals surface area contributed by atoms with Crippen LogP contribution < -0.4 is 10.6 Å². The number of oxime groups is 1. The Balaban J connectivity index is 2.43. The van der Waals surface area contributed by atoms with E-state index in [1.54, 1.807) is 6.07 Å². The molecule has 1 heterocycles. The average molecular weight is 297 g/mol. The average Bonchev–Trinajstić information content (AvgIpc) is 2.58. The second-order valence-electron chi connectivity index (χ2n) is 5.28. The molecule has 0 aromatic heterocycles. The highest BCUT2D eigenvalue weighted by Crippen LogP contribution is 2.29. The molecular formula is C14H21ClN4O.